The van der Waals surface area contributed by atoms with Gasteiger partial charge < -0.3 is 15.1 Å². The predicted molar refractivity (Wildman–Crippen MR) is 97.8 cm³/mol. The van der Waals surface area contributed by atoms with Crippen LogP contribution in [0, 0.1) is 6.92 Å². The molecule has 1 atom stereocenters. The van der Waals surface area contributed by atoms with E-state index in [1.54, 1.807) is 24.3 Å². The maximum Gasteiger partial charge on any atom is 0.268 e. The molecule has 0 bridgehead atoms. The SMILES string of the molecule is CCC[C@H](C)NC(=O)/C(=C/c1ccco1)NC(=O)c1ccc(C)cc1. The Labute approximate surface area is 148 Å². The summed E-state index contributed by atoms with van der Waals surface area (Å²) < 4.78 is 5.26. The molecule has 2 amide bonds. The third-order valence-electron chi connectivity index (χ3n) is 3.74. The van der Waals surface area contributed by atoms with Crippen molar-refractivity contribution in [1.29, 1.82) is 0 Å². The molecule has 1 aromatic heterocycles. The predicted octanol–water partition coefficient (Wildman–Crippen LogP) is 3.66. The van der Waals surface area contributed by atoms with Crippen molar-refractivity contribution in [2.75, 3.05) is 0 Å². The van der Waals surface area contributed by atoms with Crippen LogP contribution in [0.5, 0.6) is 0 Å². The van der Waals surface area contributed by atoms with E-state index < -0.39 is 0 Å². The first kappa shape index (κ1) is 18.5. The Bertz CT molecular complexity index is 731. The van der Waals surface area contributed by atoms with E-state index in [0.29, 0.717) is 11.3 Å². The lowest BCUT2D eigenvalue weighted by Crippen LogP contribution is -2.39. The number of furan rings is 1. The van der Waals surface area contributed by atoms with Crippen LogP contribution in [-0.2, 0) is 4.79 Å². The number of amides is 2. The van der Waals surface area contributed by atoms with E-state index in [0.717, 1.165) is 18.4 Å². The molecule has 0 aliphatic rings. The van der Waals surface area contributed by atoms with Crippen molar-refractivity contribution in [3.05, 3.63) is 65.2 Å². The molecule has 0 fully saturated rings. The molecule has 5 heteroatoms. The summed E-state index contributed by atoms with van der Waals surface area (Å²) >= 11 is 0. The molecule has 2 rings (SSSR count). The van der Waals surface area contributed by atoms with Gasteiger partial charge in [-0.15, -0.1) is 0 Å². The van der Waals surface area contributed by atoms with Crippen LogP contribution in [-0.4, -0.2) is 17.9 Å². The number of carbonyl (C=O) groups is 2. The van der Waals surface area contributed by atoms with Gasteiger partial charge in [-0.2, -0.15) is 0 Å². The van der Waals surface area contributed by atoms with Crippen molar-refractivity contribution in [2.45, 2.75) is 39.7 Å². The Hall–Kier alpha value is -2.82. The average molecular weight is 340 g/mol. The third kappa shape index (κ3) is 5.64. The Balaban J connectivity index is 2.18. The van der Waals surface area contributed by atoms with E-state index in [-0.39, 0.29) is 23.6 Å². The van der Waals surface area contributed by atoms with Gasteiger partial charge in [-0.1, -0.05) is 31.0 Å². The molecule has 0 aliphatic carbocycles. The summed E-state index contributed by atoms with van der Waals surface area (Å²) in [5.74, 6) is -0.175. The fourth-order valence-electron chi connectivity index (χ4n) is 2.38. The molecule has 0 saturated carbocycles. The number of benzene rings is 1. The number of hydrogen-bond acceptors (Lipinski definition) is 3. The van der Waals surface area contributed by atoms with E-state index in [9.17, 15) is 9.59 Å². The minimum absolute atomic E-state index is 0.0220. The molecule has 0 radical (unpaired) electrons. The first-order chi connectivity index (χ1) is 12.0. The summed E-state index contributed by atoms with van der Waals surface area (Å²) in [6.45, 7) is 5.95. The second-order valence-corrected chi connectivity index (χ2v) is 6.06. The first-order valence-electron chi connectivity index (χ1n) is 8.43. The second-order valence-electron chi connectivity index (χ2n) is 6.06. The highest BCUT2D eigenvalue weighted by Crippen LogP contribution is 2.09. The average Bonchev–Trinajstić information content (AvgIpc) is 3.08. The molecular weight excluding hydrogens is 316 g/mol. The zero-order valence-corrected chi connectivity index (χ0v) is 14.8. The van der Waals surface area contributed by atoms with Gasteiger partial charge in [0.25, 0.3) is 11.8 Å². The molecule has 2 aromatic rings. The Morgan fingerprint density at radius 1 is 1.20 bits per heavy atom. The topological polar surface area (TPSA) is 71.3 Å². The maximum atomic E-state index is 12.5. The normalized spacial score (nSPS) is 12.5. The first-order valence-corrected chi connectivity index (χ1v) is 8.43. The highest BCUT2D eigenvalue weighted by Gasteiger charge is 2.16. The van der Waals surface area contributed by atoms with Gasteiger partial charge in [0.1, 0.15) is 11.5 Å². The van der Waals surface area contributed by atoms with Crippen LogP contribution in [0.15, 0.2) is 52.8 Å². The highest BCUT2D eigenvalue weighted by atomic mass is 16.3. The van der Waals surface area contributed by atoms with E-state index in [1.165, 1.54) is 12.3 Å². The number of hydrogen-bond donors (Lipinski definition) is 2. The van der Waals surface area contributed by atoms with Crippen molar-refractivity contribution in [1.82, 2.24) is 10.6 Å². The highest BCUT2D eigenvalue weighted by molar-refractivity contribution is 6.05. The smallest absolute Gasteiger partial charge is 0.268 e. The van der Waals surface area contributed by atoms with Gasteiger partial charge in [-0.05, 0) is 44.5 Å². The molecule has 2 N–H and O–H groups in total. The maximum absolute atomic E-state index is 12.5. The van der Waals surface area contributed by atoms with Crippen molar-refractivity contribution in [3.8, 4) is 0 Å². The van der Waals surface area contributed by atoms with Gasteiger partial charge in [0.2, 0.25) is 0 Å². The van der Waals surface area contributed by atoms with Gasteiger partial charge in [-0.25, -0.2) is 0 Å². The summed E-state index contributed by atoms with van der Waals surface area (Å²) in [7, 11) is 0. The van der Waals surface area contributed by atoms with Crippen LogP contribution in [0.3, 0.4) is 0 Å². The van der Waals surface area contributed by atoms with E-state index in [1.807, 2.05) is 26.0 Å². The summed E-state index contributed by atoms with van der Waals surface area (Å²) in [4.78, 5) is 25.0. The molecular formula is C20H24N2O3. The van der Waals surface area contributed by atoms with Crippen molar-refractivity contribution in [2.24, 2.45) is 0 Å². The number of rotatable bonds is 7. The number of nitrogens with one attached hydrogen (secondary N) is 2. The summed E-state index contributed by atoms with van der Waals surface area (Å²) in [6, 6.07) is 10.6. The molecule has 0 spiro atoms. The molecule has 1 heterocycles. The summed E-state index contributed by atoms with van der Waals surface area (Å²) in [6.07, 6.45) is 4.88. The number of carbonyl (C=O) groups excluding carboxylic acids is 2. The molecule has 1 aromatic carbocycles. The van der Waals surface area contributed by atoms with Crippen molar-refractivity contribution in [3.63, 3.8) is 0 Å². The Kier molecular flexibility index (Phi) is 6.57. The monoisotopic (exact) mass is 340 g/mol. The lowest BCUT2D eigenvalue weighted by Gasteiger charge is -2.15. The van der Waals surface area contributed by atoms with Gasteiger partial charge in [0.15, 0.2) is 0 Å². The zero-order chi connectivity index (χ0) is 18.2. The van der Waals surface area contributed by atoms with Gasteiger partial charge in [0, 0.05) is 17.7 Å². The molecule has 5 nitrogen and oxygen atoms in total. The van der Waals surface area contributed by atoms with E-state index in [4.69, 9.17) is 4.42 Å². The minimum atomic E-state index is -0.337. The van der Waals surface area contributed by atoms with Gasteiger partial charge in [0.05, 0.1) is 6.26 Å². The van der Waals surface area contributed by atoms with Crippen LogP contribution >= 0.6 is 0 Å². The largest absolute Gasteiger partial charge is 0.465 e. The van der Waals surface area contributed by atoms with Crippen LogP contribution in [0.2, 0.25) is 0 Å². The molecule has 0 saturated heterocycles. The Morgan fingerprint density at radius 3 is 2.52 bits per heavy atom. The van der Waals surface area contributed by atoms with Gasteiger partial charge in [-0.3, -0.25) is 9.59 Å². The van der Waals surface area contributed by atoms with E-state index >= 15 is 0 Å². The van der Waals surface area contributed by atoms with Crippen LogP contribution in [0.4, 0.5) is 0 Å². The van der Waals surface area contributed by atoms with E-state index in [2.05, 4.69) is 17.6 Å². The minimum Gasteiger partial charge on any atom is -0.465 e. The molecule has 0 aliphatic heterocycles. The third-order valence-corrected chi connectivity index (χ3v) is 3.74. The van der Waals surface area contributed by atoms with Crippen LogP contribution in [0.25, 0.3) is 6.08 Å². The Morgan fingerprint density at radius 2 is 1.92 bits per heavy atom. The summed E-state index contributed by atoms with van der Waals surface area (Å²) in [5, 5.41) is 5.58. The van der Waals surface area contributed by atoms with Crippen LogP contribution in [0.1, 0.15) is 48.4 Å². The fraction of sp³-hybridized carbons (Fsp3) is 0.300. The second kappa shape index (κ2) is 8.87. The van der Waals surface area contributed by atoms with Crippen molar-refractivity contribution >= 4 is 17.9 Å². The lowest BCUT2D eigenvalue weighted by atomic mass is 10.1. The standard InChI is InChI=1S/C20H24N2O3/c1-4-6-15(3)21-20(24)18(13-17-7-5-12-25-17)22-19(23)16-10-8-14(2)9-11-16/h5,7-13,15H,4,6H2,1-3H3,(H,21,24)(H,22,23)/b18-13-/t15-/m0/s1. The summed E-state index contributed by atoms with van der Waals surface area (Å²) in [5.41, 5.74) is 1.71. The zero-order valence-electron chi connectivity index (χ0n) is 14.8. The molecule has 25 heavy (non-hydrogen) atoms. The quantitative estimate of drug-likeness (QED) is 0.756. The van der Waals surface area contributed by atoms with Gasteiger partial charge >= 0.3 is 0 Å². The van der Waals surface area contributed by atoms with Crippen LogP contribution < -0.4 is 10.6 Å². The molecule has 132 valence electrons. The molecule has 0 unspecified atom stereocenters. The van der Waals surface area contributed by atoms with Crippen molar-refractivity contribution < 1.29 is 14.0 Å². The lowest BCUT2D eigenvalue weighted by molar-refractivity contribution is -0.118. The number of aryl methyl sites for hydroxylation is 1. The fourth-order valence-corrected chi connectivity index (χ4v) is 2.38.